The highest BCUT2D eigenvalue weighted by Gasteiger charge is 2.30. The Morgan fingerprint density at radius 1 is 0.893 bits per heavy atom. The van der Waals surface area contributed by atoms with Crippen molar-refractivity contribution in [2.24, 2.45) is 11.5 Å². The quantitative estimate of drug-likeness (QED) is 0.246. The van der Waals surface area contributed by atoms with Crippen LogP contribution in [0.2, 0.25) is 0 Å². The summed E-state index contributed by atoms with van der Waals surface area (Å²) in [7, 11) is 0. The molecule has 11 heteroatoms. The molecule has 0 aromatic heterocycles. The van der Waals surface area contributed by atoms with Gasteiger partial charge in [-0.3, -0.25) is 19.2 Å². The van der Waals surface area contributed by atoms with E-state index in [0.717, 1.165) is 0 Å². The first kappa shape index (κ1) is 22.6. The predicted octanol–water partition coefficient (Wildman–Crippen LogP) is -2.04. The van der Waals surface area contributed by atoms with Crippen LogP contribution >= 0.6 is 0 Å². The Labute approximate surface area is 160 Å². The summed E-state index contributed by atoms with van der Waals surface area (Å²) in [5, 5.41) is 22.6. The van der Waals surface area contributed by atoms with Crippen LogP contribution in [0.3, 0.4) is 0 Å². The molecule has 0 bridgehead atoms. The second-order valence-electron chi connectivity index (χ2n) is 6.03. The molecular weight excluding hydrogens is 372 g/mol. The minimum Gasteiger partial charge on any atom is -0.481 e. The summed E-state index contributed by atoms with van der Waals surface area (Å²) in [6.45, 7) is 0. The van der Waals surface area contributed by atoms with E-state index in [1.54, 1.807) is 30.3 Å². The molecule has 8 N–H and O–H groups in total. The smallest absolute Gasteiger partial charge is 0.326 e. The number of nitrogens with two attached hydrogens (primary N) is 2. The van der Waals surface area contributed by atoms with Crippen molar-refractivity contribution in [3.63, 3.8) is 0 Å². The van der Waals surface area contributed by atoms with Crippen LogP contribution in [0.5, 0.6) is 0 Å². The van der Waals surface area contributed by atoms with E-state index in [-0.39, 0.29) is 6.42 Å². The first-order valence-corrected chi connectivity index (χ1v) is 8.23. The van der Waals surface area contributed by atoms with Gasteiger partial charge in [0.1, 0.15) is 12.1 Å². The average molecular weight is 394 g/mol. The number of carbonyl (C=O) groups excluding carboxylic acids is 3. The summed E-state index contributed by atoms with van der Waals surface area (Å²) in [6, 6.07) is 4.17. The molecule has 1 rings (SSSR count). The van der Waals surface area contributed by atoms with Crippen LogP contribution in [-0.2, 0) is 30.4 Å². The van der Waals surface area contributed by atoms with E-state index in [4.69, 9.17) is 16.6 Å². The second-order valence-corrected chi connectivity index (χ2v) is 6.03. The van der Waals surface area contributed by atoms with Gasteiger partial charge in [-0.05, 0) is 5.56 Å². The Morgan fingerprint density at radius 2 is 1.46 bits per heavy atom. The van der Waals surface area contributed by atoms with Gasteiger partial charge in [-0.1, -0.05) is 30.3 Å². The fourth-order valence-electron chi connectivity index (χ4n) is 2.29. The van der Waals surface area contributed by atoms with Crippen LogP contribution in [-0.4, -0.2) is 58.0 Å². The highest BCUT2D eigenvalue weighted by atomic mass is 16.4. The highest BCUT2D eigenvalue weighted by Crippen LogP contribution is 2.05. The van der Waals surface area contributed by atoms with E-state index in [2.05, 4.69) is 10.6 Å². The summed E-state index contributed by atoms with van der Waals surface area (Å²) >= 11 is 0. The molecule has 3 amide bonds. The maximum absolute atomic E-state index is 12.4. The molecule has 28 heavy (non-hydrogen) atoms. The molecule has 0 saturated carbocycles. The van der Waals surface area contributed by atoms with E-state index in [0.29, 0.717) is 5.56 Å². The third-order valence-electron chi connectivity index (χ3n) is 3.67. The van der Waals surface area contributed by atoms with Crippen molar-refractivity contribution in [1.82, 2.24) is 10.6 Å². The Bertz CT molecular complexity index is 738. The van der Waals surface area contributed by atoms with Gasteiger partial charge < -0.3 is 32.3 Å². The van der Waals surface area contributed by atoms with Crippen molar-refractivity contribution in [2.45, 2.75) is 37.4 Å². The van der Waals surface area contributed by atoms with Crippen molar-refractivity contribution >= 4 is 29.7 Å². The van der Waals surface area contributed by atoms with Crippen molar-refractivity contribution in [3.8, 4) is 0 Å². The monoisotopic (exact) mass is 394 g/mol. The molecule has 0 aliphatic rings. The Morgan fingerprint density at radius 3 is 1.96 bits per heavy atom. The van der Waals surface area contributed by atoms with Gasteiger partial charge in [-0.25, -0.2) is 4.79 Å². The number of carbonyl (C=O) groups is 5. The molecule has 0 aliphatic carbocycles. The molecular formula is C17H22N4O7. The number of primary amides is 1. The lowest BCUT2D eigenvalue weighted by molar-refractivity contribution is -0.143. The van der Waals surface area contributed by atoms with Gasteiger partial charge in [0.05, 0.1) is 18.9 Å². The van der Waals surface area contributed by atoms with Gasteiger partial charge in [0.25, 0.3) is 0 Å². The number of nitrogens with one attached hydrogen (secondary N) is 2. The number of carboxylic acid groups (broad SMARTS) is 2. The van der Waals surface area contributed by atoms with E-state index >= 15 is 0 Å². The zero-order chi connectivity index (χ0) is 21.3. The van der Waals surface area contributed by atoms with Gasteiger partial charge in [0.15, 0.2) is 0 Å². The topological polar surface area (TPSA) is 202 Å². The number of rotatable bonds is 11. The molecule has 1 aromatic rings. The Hall–Kier alpha value is -3.47. The Balaban J connectivity index is 2.86. The number of hydrogen-bond donors (Lipinski definition) is 6. The number of aliphatic carboxylic acids is 2. The first-order valence-electron chi connectivity index (χ1n) is 8.23. The largest absolute Gasteiger partial charge is 0.481 e. The van der Waals surface area contributed by atoms with Crippen LogP contribution in [0.15, 0.2) is 30.3 Å². The molecule has 3 atom stereocenters. The van der Waals surface area contributed by atoms with Crippen LogP contribution in [0.25, 0.3) is 0 Å². The minimum atomic E-state index is -1.58. The molecule has 0 heterocycles. The molecule has 0 unspecified atom stereocenters. The van der Waals surface area contributed by atoms with Crippen LogP contribution in [0, 0.1) is 0 Å². The van der Waals surface area contributed by atoms with E-state index < -0.39 is 60.6 Å². The lowest BCUT2D eigenvalue weighted by Crippen LogP contribution is -2.55. The molecule has 1 aromatic carbocycles. The zero-order valence-corrected chi connectivity index (χ0v) is 14.8. The summed E-state index contributed by atoms with van der Waals surface area (Å²) in [4.78, 5) is 57.6. The normalized spacial score (nSPS) is 13.6. The fourth-order valence-corrected chi connectivity index (χ4v) is 2.29. The van der Waals surface area contributed by atoms with Crippen molar-refractivity contribution in [2.75, 3.05) is 0 Å². The number of benzene rings is 1. The van der Waals surface area contributed by atoms with Crippen LogP contribution in [0.1, 0.15) is 18.4 Å². The lowest BCUT2D eigenvalue weighted by atomic mass is 10.0. The summed E-state index contributed by atoms with van der Waals surface area (Å²) in [6.07, 6.45) is -1.35. The third-order valence-corrected chi connectivity index (χ3v) is 3.67. The number of hydrogen-bond acceptors (Lipinski definition) is 6. The Kier molecular flexibility index (Phi) is 8.56. The summed E-state index contributed by atoms with van der Waals surface area (Å²) in [5.74, 6) is -5.56. The highest BCUT2D eigenvalue weighted by molar-refractivity contribution is 5.95. The van der Waals surface area contributed by atoms with Gasteiger partial charge in [-0.15, -0.1) is 0 Å². The molecule has 0 aliphatic heterocycles. The van der Waals surface area contributed by atoms with Gasteiger partial charge in [0.2, 0.25) is 17.7 Å². The van der Waals surface area contributed by atoms with E-state index in [1.807, 2.05) is 0 Å². The first-order chi connectivity index (χ1) is 13.1. The number of amides is 3. The lowest BCUT2D eigenvalue weighted by Gasteiger charge is -2.21. The minimum absolute atomic E-state index is 0.0448. The molecule has 0 radical (unpaired) electrons. The van der Waals surface area contributed by atoms with Crippen molar-refractivity contribution in [1.29, 1.82) is 0 Å². The SMILES string of the molecule is NC(=O)C[C@H](N)C(=O)N[C@@H](CC(=O)O)C(=O)N[C@@H](Cc1ccccc1)C(=O)O. The van der Waals surface area contributed by atoms with Crippen molar-refractivity contribution in [3.05, 3.63) is 35.9 Å². The van der Waals surface area contributed by atoms with Crippen LogP contribution < -0.4 is 22.1 Å². The zero-order valence-electron chi connectivity index (χ0n) is 14.8. The molecule has 0 spiro atoms. The molecule has 11 nitrogen and oxygen atoms in total. The maximum atomic E-state index is 12.4. The summed E-state index contributed by atoms with van der Waals surface area (Å²) < 4.78 is 0. The van der Waals surface area contributed by atoms with Gasteiger partial charge in [-0.2, -0.15) is 0 Å². The van der Waals surface area contributed by atoms with Crippen molar-refractivity contribution < 1.29 is 34.2 Å². The number of carboxylic acids is 2. The summed E-state index contributed by atoms with van der Waals surface area (Å²) in [5.41, 5.74) is 11.0. The van der Waals surface area contributed by atoms with E-state index in [9.17, 15) is 29.1 Å². The average Bonchev–Trinajstić information content (AvgIpc) is 2.60. The van der Waals surface area contributed by atoms with Gasteiger partial charge >= 0.3 is 11.9 Å². The molecule has 0 fully saturated rings. The standard InChI is InChI=1S/C17H22N4O7/c18-10(7-13(19)22)15(25)20-11(8-14(23)24)16(26)21-12(17(27)28)6-9-4-2-1-3-5-9/h1-5,10-12H,6-8,18H2,(H2,19,22)(H,20,25)(H,21,26)(H,23,24)(H,27,28)/t10-,11-,12-/m0/s1. The maximum Gasteiger partial charge on any atom is 0.326 e. The van der Waals surface area contributed by atoms with Crippen LogP contribution in [0.4, 0.5) is 0 Å². The molecule has 0 saturated heterocycles. The fraction of sp³-hybridized carbons (Fsp3) is 0.353. The third kappa shape index (κ3) is 7.83. The predicted molar refractivity (Wildman–Crippen MR) is 95.7 cm³/mol. The van der Waals surface area contributed by atoms with Gasteiger partial charge in [0, 0.05) is 6.42 Å². The molecule has 152 valence electrons. The van der Waals surface area contributed by atoms with E-state index in [1.165, 1.54) is 0 Å². The second kappa shape index (κ2) is 10.6.